The Kier molecular flexibility index (Phi) is 9.09. The van der Waals surface area contributed by atoms with E-state index in [1.54, 1.807) is 25.5 Å². The number of aliphatic imine (C=N–C) groups is 1. The molecule has 2 N–H and O–H groups in total. The van der Waals surface area contributed by atoms with E-state index < -0.39 is 0 Å². The Bertz CT molecular complexity index is 659. The lowest BCUT2D eigenvalue weighted by Gasteiger charge is -2.17. The highest BCUT2D eigenvalue weighted by Crippen LogP contribution is 2.21. The van der Waals surface area contributed by atoms with E-state index in [2.05, 4.69) is 45.1 Å². The molecule has 1 aromatic carbocycles. The predicted molar refractivity (Wildman–Crippen MR) is 110 cm³/mol. The Morgan fingerprint density at radius 3 is 2.77 bits per heavy atom. The molecule has 142 valence electrons. The van der Waals surface area contributed by atoms with Crippen LogP contribution < -0.4 is 10.6 Å². The zero-order chi connectivity index (χ0) is 18.6. The number of likely N-dealkylation sites (N-methyl/N-ethyl adjacent to an activating group) is 1. The van der Waals surface area contributed by atoms with Crippen LogP contribution in [0.25, 0.3) is 11.3 Å². The molecule has 7 heteroatoms. The van der Waals surface area contributed by atoms with Crippen molar-refractivity contribution in [3.05, 3.63) is 40.7 Å². The van der Waals surface area contributed by atoms with E-state index in [1.807, 2.05) is 18.2 Å². The fraction of sp³-hybridized carbons (Fsp3) is 0.474. The molecule has 0 fully saturated rings. The average Bonchev–Trinajstić information content (AvgIpc) is 3.14. The molecule has 0 aliphatic heterocycles. The molecule has 0 bridgehead atoms. The van der Waals surface area contributed by atoms with Crippen molar-refractivity contribution < 1.29 is 4.74 Å². The molecule has 6 nitrogen and oxygen atoms in total. The van der Waals surface area contributed by atoms with Gasteiger partial charge in [0, 0.05) is 51.3 Å². The summed E-state index contributed by atoms with van der Waals surface area (Å²) in [4.78, 5) is 11.2. The Morgan fingerprint density at radius 2 is 2.04 bits per heavy atom. The number of guanidine groups is 1. The van der Waals surface area contributed by atoms with Gasteiger partial charge in [0.25, 0.3) is 0 Å². The summed E-state index contributed by atoms with van der Waals surface area (Å²) in [6, 6.07) is 10.2. The first kappa shape index (κ1) is 20.4. The van der Waals surface area contributed by atoms with E-state index in [9.17, 15) is 0 Å². The van der Waals surface area contributed by atoms with E-state index >= 15 is 0 Å². The molecule has 0 amide bonds. The van der Waals surface area contributed by atoms with Gasteiger partial charge in [0.1, 0.15) is 5.01 Å². The summed E-state index contributed by atoms with van der Waals surface area (Å²) in [7, 11) is 5.64. The molecule has 0 aliphatic carbocycles. The second-order valence-electron chi connectivity index (χ2n) is 5.99. The van der Waals surface area contributed by atoms with Gasteiger partial charge in [0.05, 0.1) is 12.2 Å². The zero-order valence-corrected chi connectivity index (χ0v) is 16.7. The molecule has 0 aliphatic rings. The van der Waals surface area contributed by atoms with Crippen LogP contribution in [0, 0.1) is 0 Å². The van der Waals surface area contributed by atoms with Crippen molar-refractivity contribution in [2.75, 3.05) is 47.4 Å². The summed E-state index contributed by atoms with van der Waals surface area (Å²) in [5.41, 5.74) is 2.17. The lowest BCUT2D eigenvalue weighted by Crippen LogP contribution is -2.40. The Morgan fingerprint density at radius 1 is 1.23 bits per heavy atom. The number of aromatic nitrogens is 1. The highest BCUT2D eigenvalue weighted by atomic mass is 32.1. The monoisotopic (exact) mass is 375 g/mol. The summed E-state index contributed by atoms with van der Waals surface area (Å²) in [6.45, 7) is 4.31. The molecule has 0 saturated carbocycles. The number of methoxy groups -OCH3 is 1. The van der Waals surface area contributed by atoms with Crippen LogP contribution in [0.4, 0.5) is 0 Å². The van der Waals surface area contributed by atoms with Crippen LogP contribution in [-0.2, 0) is 11.3 Å². The first-order chi connectivity index (χ1) is 12.7. The summed E-state index contributed by atoms with van der Waals surface area (Å²) in [5, 5.41) is 9.81. The maximum atomic E-state index is 5.08. The van der Waals surface area contributed by atoms with Crippen LogP contribution in [0.5, 0.6) is 0 Å². The van der Waals surface area contributed by atoms with Gasteiger partial charge in [-0.15, -0.1) is 11.3 Å². The number of nitrogens with one attached hydrogen (secondary N) is 2. The van der Waals surface area contributed by atoms with Crippen molar-refractivity contribution in [3.63, 3.8) is 0 Å². The first-order valence-corrected chi connectivity index (χ1v) is 9.72. The van der Waals surface area contributed by atoms with Gasteiger partial charge in [-0.1, -0.05) is 30.3 Å². The summed E-state index contributed by atoms with van der Waals surface area (Å²) in [6.07, 6.45) is 1.05. The van der Waals surface area contributed by atoms with Crippen molar-refractivity contribution in [1.82, 2.24) is 20.5 Å². The van der Waals surface area contributed by atoms with Gasteiger partial charge in [-0.3, -0.25) is 4.99 Å². The second-order valence-corrected chi connectivity index (χ2v) is 6.94. The first-order valence-electron chi connectivity index (χ1n) is 8.84. The number of benzene rings is 1. The van der Waals surface area contributed by atoms with Crippen molar-refractivity contribution in [1.29, 1.82) is 0 Å². The maximum Gasteiger partial charge on any atom is 0.191 e. The van der Waals surface area contributed by atoms with Gasteiger partial charge in [0.2, 0.25) is 0 Å². The molecular weight excluding hydrogens is 346 g/mol. The van der Waals surface area contributed by atoms with E-state index in [-0.39, 0.29) is 0 Å². The minimum Gasteiger partial charge on any atom is -0.385 e. The topological polar surface area (TPSA) is 61.8 Å². The number of hydrogen-bond donors (Lipinski definition) is 2. The van der Waals surface area contributed by atoms with Crippen LogP contribution in [0.15, 0.2) is 40.7 Å². The van der Waals surface area contributed by atoms with Gasteiger partial charge >= 0.3 is 0 Å². The maximum absolute atomic E-state index is 5.08. The average molecular weight is 376 g/mol. The molecule has 1 aromatic heterocycles. The number of thiazole rings is 1. The Hall–Kier alpha value is -1.96. The lowest BCUT2D eigenvalue weighted by molar-refractivity contribution is 0.180. The standard InChI is InChI=1S/C19H29N5OS/c1-20-19(21-10-12-24(2)11-7-13-25-3)22-14-18-23-17(15-26-18)16-8-5-4-6-9-16/h4-6,8-9,15H,7,10-14H2,1-3H3,(H2,20,21,22). The Labute approximate surface area is 160 Å². The summed E-state index contributed by atoms with van der Waals surface area (Å²) in [5.74, 6) is 0.798. The molecule has 0 radical (unpaired) electrons. The van der Waals surface area contributed by atoms with E-state index in [0.717, 1.165) is 54.9 Å². The predicted octanol–water partition coefficient (Wildman–Crippen LogP) is 2.44. The van der Waals surface area contributed by atoms with Gasteiger partial charge in [-0.05, 0) is 13.5 Å². The molecule has 2 rings (SSSR count). The summed E-state index contributed by atoms with van der Waals surface area (Å²) < 4.78 is 5.08. The Balaban J connectivity index is 1.71. The smallest absolute Gasteiger partial charge is 0.191 e. The van der Waals surface area contributed by atoms with Crippen LogP contribution >= 0.6 is 11.3 Å². The van der Waals surface area contributed by atoms with Crippen molar-refractivity contribution in [3.8, 4) is 11.3 Å². The normalized spacial score (nSPS) is 11.8. The molecule has 2 aromatic rings. The molecule has 0 atom stereocenters. The third-order valence-electron chi connectivity index (χ3n) is 3.93. The third-order valence-corrected chi connectivity index (χ3v) is 4.78. The molecule has 0 spiro atoms. The third kappa shape index (κ3) is 7.11. The van der Waals surface area contributed by atoms with E-state index in [1.165, 1.54) is 0 Å². The molecule has 0 saturated heterocycles. The molecule has 1 heterocycles. The highest BCUT2D eigenvalue weighted by molar-refractivity contribution is 7.09. The second kappa shape index (κ2) is 11.6. The van der Waals surface area contributed by atoms with Crippen molar-refractivity contribution in [2.45, 2.75) is 13.0 Å². The minimum absolute atomic E-state index is 0.668. The molecule has 0 unspecified atom stereocenters. The lowest BCUT2D eigenvalue weighted by atomic mass is 10.2. The number of nitrogens with zero attached hydrogens (tertiary/aromatic N) is 3. The highest BCUT2D eigenvalue weighted by Gasteiger charge is 2.05. The van der Waals surface area contributed by atoms with Gasteiger partial charge in [0.15, 0.2) is 5.96 Å². The van der Waals surface area contributed by atoms with Crippen molar-refractivity contribution >= 4 is 17.3 Å². The van der Waals surface area contributed by atoms with Crippen LogP contribution in [0.3, 0.4) is 0 Å². The molecular formula is C19H29N5OS. The van der Waals surface area contributed by atoms with Gasteiger partial charge in [-0.25, -0.2) is 4.98 Å². The SMILES string of the molecule is CN=C(NCCN(C)CCCOC)NCc1nc(-c2ccccc2)cs1. The fourth-order valence-corrected chi connectivity index (χ4v) is 3.21. The van der Waals surface area contributed by atoms with Crippen LogP contribution in [0.1, 0.15) is 11.4 Å². The fourth-order valence-electron chi connectivity index (χ4n) is 2.47. The van der Waals surface area contributed by atoms with Crippen molar-refractivity contribution in [2.24, 2.45) is 4.99 Å². The summed E-state index contributed by atoms with van der Waals surface area (Å²) >= 11 is 1.66. The van der Waals surface area contributed by atoms with Crippen LogP contribution in [-0.4, -0.2) is 63.3 Å². The number of ether oxygens (including phenoxy) is 1. The minimum atomic E-state index is 0.668. The van der Waals surface area contributed by atoms with E-state index in [0.29, 0.717) is 6.54 Å². The largest absolute Gasteiger partial charge is 0.385 e. The van der Waals surface area contributed by atoms with Gasteiger partial charge < -0.3 is 20.3 Å². The van der Waals surface area contributed by atoms with E-state index in [4.69, 9.17) is 9.72 Å². The quantitative estimate of drug-likeness (QED) is 0.379. The number of hydrogen-bond acceptors (Lipinski definition) is 5. The zero-order valence-electron chi connectivity index (χ0n) is 15.9. The van der Waals surface area contributed by atoms with Crippen LogP contribution in [0.2, 0.25) is 0 Å². The molecule has 26 heavy (non-hydrogen) atoms. The van der Waals surface area contributed by atoms with Gasteiger partial charge in [-0.2, -0.15) is 0 Å². The number of rotatable bonds is 10.